The Morgan fingerprint density at radius 1 is 0.952 bits per heavy atom. The number of carbonyl (C=O) groups is 1. The van der Waals surface area contributed by atoms with E-state index in [-0.39, 0.29) is 5.97 Å². The Kier molecular flexibility index (Phi) is 11.3. The Morgan fingerprint density at radius 3 is 2.00 bits per heavy atom. The standard InChI is InChI=1S/C18H36NO2/c1-6-7-8-11-14-19(4,5)15-12-9-10-13-16-21-18(20)17(2)3/h2,6-16H2,1,3-5H3/q+1. The maximum Gasteiger partial charge on any atom is 0.333 e. The molecule has 0 spiro atoms. The minimum Gasteiger partial charge on any atom is -0.462 e. The topological polar surface area (TPSA) is 26.3 Å². The van der Waals surface area contributed by atoms with Crippen LogP contribution in [0.15, 0.2) is 12.2 Å². The molecule has 0 N–H and O–H groups in total. The van der Waals surface area contributed by atoms with E-state index in [0.29, 0.717) is 12.2 Å². The maximum atomic E-state index is 11.2. The van der Waals surface area contributed by atoms with Gasteiger partial charge in [0.05, 0.1) is 33.8 Å². The number of unbranched alkanes of at least 4 members (excludes halogenated alkanes) is 6. The molecule has 0 aliphatic heterocycles. The highest BCUT2D eigenvalue weighted by Crippen LogP contribution is 2.09. The summed E-state index contributed by atoms with van der Waals surface area (Å²) in [6.07, 6.45) is 9.97. The van der Waals surface area contributed by atoms with Gasteiger partial charge in [0.2, 0.25) is 0 Å². The Morgan fingerprint density at radius 2 is 1.48 bits per heavy atom. The molecule has 0 atom stereocenters. The molecule has 0 heterocycles. The van der Waals surface area contributed by atoms with Gasteiger partial charge in [-0.1, -0.05) is 26.3 Å². The fourth-order valence-electron chi connectivity index (χ4n) is 2.36. The summed E-state index contributed by atoms with van der Waals surface area (Å²) in [7, 11) is 4.67. The van der Waals surface area contributed by atoms with E-state index in [1.165, 1.54) is 51.6 Å². The van der Waals surface area contributed by atoms with E-state index in [1.807, 2.05) is 0 Å². The number of quaternary nitrogens is 1. The fourth-order valence-corrected chi connectivity index (χ4v) is 2.36. The molecule has 0 aromatic heterocycles. The first-order valence-corrected chi connectivity index (χ1v) is 8.53. The number of esters is 1. The SMILES string of the molecule is C=C(C)C(=O)OCCCCCC[N+](C)(C)CCCCCC. The Labute approximate surface area is 131 Å². The van der Waals surface area contributed by atoms with E-state index in [0.717, 1.165) is 17.3 Å². The third kappa shape index (κ3) is 12.6. The van der Waals surface area contributed by atoms with Gasteiger partial charge in [0.1, 0.15) is 0 Å². The predicted octanol–water partition coefficient (Wildman–Crippen LogP) is 4.32. The van der Waals surface area contributed by atoms with E-state index < -0.39 is 0 Å². The van der Waals surface area contributed by atoms with Gasteiger partial charge in [-0.15, -0.1) is 0 Å². The monoisotopic (exact) mass is 298 g/mol. The van der Waals surface area contributed by atoms with E-state index in [4.69, 9.17) is 4.74 Å². The normalized spacial score (nSPS) is 11.4. The first kappa shape index (κ1) is 20.2. The summed E-state index contributed by atoms with van der Waals surface area (Å²) in [6, 6.07) is 0. The van der Waals surface area contributed by atoms with E-state index in [2.05, 4.69) is 27.6 Å². The molecular weight excluding hydrogens is 262 g/mol. The Bertz CT molecular complexity index is 298. The minimum absolute atomic E-state index is 0.264. The third-order valence-electron chi connectivity index (χ3n) is 3.86. The predicted molar refractivity (Wildman–Crippen MR) is 90.2 cm³/mol. The second-order valence-corrected chi connectivity index (χ2v) is 6.77. The first-order chi connectivity index (χ1) is 9.89. The van der Waals surface area contributed by atoms with Crippen molar-refractivity contribution < 1.29 is 14.0 Å². The molecule has 0 aromatic rings. The van der Waals surface area contributed by atoms with Crippen molar-refractivity contribution in [2.75, 3.05) is 33.8 Å². The zero-order valence-corrected chi connectivity index (χ0v) is 14.7. The molecular formula is C18H36NO2+. The summed E-state index contributed by atoms with van der Waals surface area (Å²) in [5.74, 6) is -0.264. The Hall–Kier alpha value is -0.830. The number of hydrogen-bond acceptors (Lipinski definition) is 2. The van der Waals surface area contributed by atoms with Crippen LogP contribution in [0.2, 0.25) is 0 Å². The fraction of sp³-hybridized carbons (Fsp3) is 0.833. The summed E-state index contributed by atoms with van der Waals surface area (Å²) < 4.78 is 6.22. The van der Waals surface area contributed by atoms with Crippen molar-refractivity contribution in [2.45, 2.75) is 65.2 Å². The lowest BCUT2D eigenvalue weighted by atomic mass is 10.1. The summed E-state index contributed by atoms with van der Waals surface area (Å²) in [5.41, 5.74) is 0.483. The van der Waals surface area contributed by atoms with Crippen molar-refractivity contribution in [3.8, 4) is 0 Å². The molecule has 3 heteroatoms. The molecule has 3 nitrogen and oxygen atoms in total. The molecule has 0 saturated heterocycles. The van der Waals surface area contributed by atoms with Crippen molar-refractivity contribution in [3.63, 3.8) is 0 Å². The van der Waals surface area contributed by atoms with Crippen LogP contribution in [0.3, 0.4) is 0 Å². The molecule has 0 fully saturated rings. The highest BCUT2D eigenvalue weighted by atomic mass is 16.5. The number of nitrogens with zero attached hydrogens (tertiary/aromatic N) is 1. The van der Waals surface area contributed by atoms with Crippen LogP contribution in [0.1, 0.15) is 65.2 Å². The average Bonchev–Trinajstić information content (AvgIpc) is 2.42. The molecule has 0 aliphatic carbocycles. The van der Waals surface area contributed by atoms with Gasteiger partial charge in [0, 0.05) is 5.57 Å². The van der Waals surface area contributed by atoms with Crippen molar-refractivity contribution in [3.05, 3.63) is 12.2 Å². The van der Waals surface area contributed by atoms with E-state index in [9.17, 15) is 4.79 Å². The van der Waals surface area contributed by atoms with Crippen molar-refractivity contribution in [2.24, 2.45) is 0 Å². The molecule has 0 unspecified atom stereocenters. The molecule has 0 rings (SSSR count). The van der Waals surface area contributed by atoms with Gasteiger partial charge in [0.15, 0.2) is 0 Å². The lowest BCUT2D eigenvalue weighted by Crippen LogP contribution is -2.41. The van der Waals surface area contributed by atoms with Crippen LogP contribution >= 0.6 is 0 Å². The highest BCUT2D eigenvalue weighted by Gasteiger charge is 2.13. The molecule has 124 valence electrons. The van der Waals surface area contributed by atoms with Gasteiger partial charge in [-0.25, -0.2) is 4.79 Å². The summed E-state index contributed by atoms with van der Waals surface area (Å²) in [4.78, 5) is 11.2. The van der Waals surface area contributed by atoms with Crippen LogP contribution in [0, 0.1) is 0 Å². The van der Waals surface area contributed by atoms with Gasteiger partial charge < -0.3 is 9.22 Å². The number of hydrogen-bond donors (Lipinski definition) is 0. The maximum absolute atomic E-state index is 11.2. The first-order valence-electron chi connectivity index (χ1n) is 8.53. The summed E-state index contributed by atoms with van der Waals surface area (Å²) >= 11 is 0. The van der Waals surface area contributed by atoms with Gasteiger partial charge in [-0.3, -0.25) is 0 Å². The van der Waals surface area contributed by atoms with Crippen LogP contribution in [0.4, 0.5) is 0 Å². The highest BCUT2D eigenvalue weighted by molar-refractivity contribution is 5.86. The van der Waals surface area contributed by atoms with E-state index >= 15 is 0 Å². The molecule has 21 heavy (non-hydrogen) atoms. The number of carbonyl (C=O) groups excluding carboxylic acids is 1. The molecule has 0 aliphatic rings. The largest absolute Gasteiger partial charge is 0.462 e. The van der Waals surface area contributed by atoms with Crippen molar-refractivity contribution >= 4 is 5.97 Å². The number of ether oxygens (including phenoxy) is 1. The lowest BCUT2D eigenvalue weighted by molar-refractivity contribution is -0.890. The zero-order valence-electron chi connectivity index (χ0n) is 14.7. The second-order valence-electron chi connectivity index (χ2n) is 6.77. The van der Waals surface area contributed by atoms with Crippen LogP contribution in [-0.4, -0.2) is 44.2 Å². The second kappa shape index (κ2) is 11.8. The minimum atomic E-state index is -0.264. The van der Waals surface area contributed by atoms with Crippen LogP contribution < -0.4 is 0 Å². The van der Waals surface area contributed by atoms with Crippen LogP contribution in [0.25, 0.3) is 0 Å². The van der Waals surface area contributed by atoms with Crippen LogP contribution in [0.5, 0.6) is 0 Å². The molecule has 0 aromatic carbocycles. The quantitative estimate of drug-likeness (QED) is 0.219. The van der Waals surface area contributed by atoms with Gasteiger partial charge in [0.25, 0.3) is 0 Å². The van der Waals surface area contributed by atoms with Gasteiger partial charge in [-0.05, 0) is 45.4 Å². The van der Waals surface area contributed by atoms with Crippen molar-refractivity contribution in [1.29, 1.82) is 0 Å². The van der Waals surface area contributed by atoms with Crippen LogP contribution in [-0.2, 0) is 9.53 Å². The average molecular weight is 298 g/mol. The van der Waals surface area contributed by atoms with E-state index in [1.54, 1.807) is 6.92 Å². The smallest absolute Gasteiger partial charge is 0.333 e. The lowest BCUT2D eigenvalue weighted by Gasteiger charge is -2.30. The summed E-state index contributed by atoms with van der Waals surface area (Å²) in [5, 5.41) is 0. The Balaban J connectivity index is 3.48. The molecule has 0 saturated carbocycles. The number of rotatable bonds is 13. The third-order valence-corrected chi connectivity index (χ3v) is 3.86. The van der Waals surface area contributed by atoms with Gasteiger partial charge in [-0.2, -0.15) is 0 Å². The van der Waals surface area contributed by atoms with Gasteiger partial charge >= 0.3 is 5.97 Å². The molecule has 0 radical (unpaired) electrons. The van der Waals surface area contributed by atoms with Crippen molar-refractivity contribution in [1.82, 2.24) is 0 Å². The zero-order chi connectivity index (χ0) is 16.1. The summed E-state index contributed by atoms with van der Waals surface area (Å²) in [6.45, 7) is 10.6. The molecule has 0 amide bonds. The molecule has 0 bridgehead atoms.